The van der Waals surface area contributed by atoms with Crippen LogP contribution in [0.2, 0.25) is 0 Å². The summed E-state index contributed by atoms with van der Waals surface area (Å²) in [7, 11) is 0. The standard InChI is InChI=1S/C13H19NO3/c1-10(2)8-12(13(15)16)14-17-9-11-6-4-3-5-7-11/h3-7,10,12,14H,8-9H2,1-2H3,(H,15,16). The molecule has 1 aromatic rings. The molecule has 0 aliphatic rings. The molecule has 17 heavy (non-hydrogen) atoms. The average molecular weight is 237 g/mol. The summed E-state index contributed by atoms with van der Waals surface area (Å²) in [4.78, 5) is 16.1. The summed E-state index contributed by atoms with van der Waals surface area (Å²) in [6.07, 6.45) is 0.546. The highest BCUT2D eigenvalue weighted by Gasteiger charge is 2.18. The van der Waals surface area contributed by atoms with E-state index < -0.39 is 12.0 Å². The highest BCUT2D eigenvalue weighted by atomic mass is 16.6. The lowest BCUT2D eigenvalue weighted by Gasteiger charge is -2.16. The Morgan fingerprint density at radius 2 is 2.00 bits per heavy atom. The number of carboxylic acid groups (broad SMARTS) is 1. The number of carbonyl (C=O) groups is 1. The van der Waals surface area contributed by atoms with Gasteiger partial charge >= 0.3 is 5.97 Å². The highest BCUT2D eigenvalue weighted by Crippen LogP contribution is 2.06. The van der Waals surface area contributed by atoms with E-state index in [1.165, 1.54) is 0 Å². The van der Waals surface area contributed by atoms with Gasteiger partial charge in [-0.3, -0.25) is 9.63 Å². The third kappa shape index (κ3) is 5.47. The number of hydrogen-bond donors (Lipinski definition) is 2. The van der Waals surface area contributed by atoms with Gasteiger partial charge in [0.15, 0.2) is 0 Å². The summed E-state index contributed by atoms with van der Waals surface area (Å²) < 4.78 is 0. The van der Waals surface area contributed by atoms with Crippen molar-refractivity contribution in [3.8, 4) is 0 Å². The van der Waals surface area contributed by atoms with Crippen LogP contribution in [-0.4, -0.2) is 17.1 Å². The molecule has 1 aromatic carbocycles. The lowest BCUT2D eigenvalue weighted by atomic mass is 10.1. The second-order valence-electron chi connectivity index (χ2n) is 4.41. The molecule has 4 nitrogen and oxygen atoms in total. The average Bonchev–Trinajstić information content (AvgIpc) is 2.28. The molecule has 0 amide bonds. The van der Waals surface area contributed by atoms with Crippen LogP contribution < -0.4 is 5.48 Å². The van der Waals surface area contributed by atoms with Gasteiger partial charge in [-0.1, -0.05) is 44.2 Å². The lowest BCUT2D eigenvalue weighted by Crippen LogP contribution is -2.37. The molecule has 0 aliphatic heterocycles. The van der Waals surface area contributed by atoms with Crippen molar-refractivity contribution in [3.05, 3.63) is 35.9 Å². The molecule has 0 saturated heterocycles. The van der Waals surface area contributed by atoms with Crippen LogP contribution in [0, 0.1) is 5.92 Å². The summed E-state index contributed by atoms with van der Waals surface area (Å²) in [5, 5.41) is 8.98. The zero-order valence-electron chi connectivity index (χ0n) is 10.2. The molecule has 0 spiro atoms. The van der Waals surface area contributed by atoms with Crippen molar-refractivity contribution < 1.29 is 14.7 Å². The highest BCUT2D eigenvalue weighted by molar-refractivity contribution is 5.73. The molecule has 1 atom stereocenters. The zero-order valence-corrected chi connectivity index (χ0v) is 10.2. The number of rotatable bonds is 7. The van der Waals surface area contributed by atoms with E-state index in [1.54, 1.807) is 0 Å². The fourth-order valence-corrected chi connectivity index (χ4v) is 1.47. The first-order valence-corrected chi connectivity index (χ1v) is 5.73. The summed E-state index contributed by atoms with van der Waals surface area (Å²) in [5.41, 5.74) is 3.61. The van der Waals surface area contributed by atoms with Crippen molar-refractivity contribution in [2.75, 3.05) is 0 Å². The van der Waals surface area contributed by atoms with Crippen LogP contribution in [0.25, 0.3) is 0 Å². The number of hydrogen-bond acceptors (Lipinski definition) is 3. The van der Waals surface area contributed by atoms with Crippen LogP contribution in [0.3, 0.4) is 0 Å². The minimum atomic E-state index is -0.883. The van der Waals surface area contributed by atoms with Crippen LogP contribution in [0.1, 0.15) is 25.8 Å². The third-order valence-electron chi connectivity index (χ3n) is 2.31. The van der Waals surface area contributed by atoms with Gasteiger partial charge in [0.05, 0.1) is 6.61 Å². The Labute approximate surface area is 102 Å². The van der Waals surface area contributed by atoms with Crippen LogP contribution in [0.15, 0.2) is 30.3 Å². The molecule has 0 bridgehead atoms. The van der Waals surface area contributed by atoms with Crippen LogP contribution >= 0.6 is 0 Å². The van der Waals surface area contributed by atoms with Gasteiger partial charge in [-0.05, 0) is 17.9 Å². The minimum Gasteiger partial charge on any atom is -0.480 e. The van der Waals surface area contributed by atoms with Gasteiger partial charge in [0, 0.05) is 0 Å². The molecule has 4 heteroatoms. The van der Waals surface area contributed by atoms with Gasteiger partial charge in [-0.15, -0.1) is 0 Å². The Bertz CT molecular complexity index is 338. The summed E-state index contributed by atoms with van der Waals surface area (Å²) >= 11 is 0. The SMILES string of the molecule is CC(C)CC(NOCc1ccccc1)C(=O)O. The Kier molecular flexibility index (Phi) is 5.66. The van der Waals surface area contributed by atoms with Crippen molar-refractivity contribution in [2.24, 2.45) is 5.92 Å². The topological polar surface area (TPSA) is 58.6 Å². The van der Waals surface area contributed by atoms with Crippen molar-refractivity contribution >= 4 is 5.97 Å². The Balaban J connectivity index is 2.35. The monoisotopic (exact) mass is 237 g/mol. The lowest BCUT2D eigenvalue weighted by molar-refractivity contribution is -0.145. The number of benzene rings is 1. The summed E-state index contributed by atoms with van der Waals surface area (Å²) in [6.45, 7) is 4.33. The van der Waals surface area contributed by atoms with Crippen molar-refractivity contribution in [3.63, 3.8) is 0 Å². The predicted octanol–water partition coefficient (Wildman–Crippen LogP) is 2.21. The van der Waals surface area contributed by atoms with Gasteiger partial charge in [-0.25, -0.2) is 0 Å². The largest absolute Gasteiger partial charge is 0.480 e. The second-order valence-corrected chi connectivity index (χ2v) is 4.41. The van der Waals surface area contributed by atoms with E-state index in [9.17, 15) is 4.79 Å². The molecule has 0 aromatic heterocycles. The fourth-order valence-electron chi connectivity index (χ4n) is 1.47. The molecule has 0 saturated carbocycles. The van der Waals surface area contributed by atoms with Crippen LogP contribution in [-0.2, 0) is 16.2 Å². The molecule has 1 rings (SSSR count). The summed E-state index contributed by atoms with van der Waals surface area (Å²) in [6, 6.07) is 8.97. The van der Waals surface area contributed by atoms with Gasteiger partial charge in [0.1, 0.15) is 6.04 Å². The van der Waals surface area contributed by atoms with E-state index >= 15 is 0 Å². The van der Waals surface area contributed by atoms with Crippen LogP contribution in [0.4, 0.5) is 0 Å². The molecule has 0 aliphatic carbocycles. The first-order valence-electron chi connectivity index (χ1n) is 5.73. The van der Waals surface area contributed by atoms with Crippen molar-refractivity contribution in [2.45, 2.75) is 32.9 Å². The van der Waals surface area contributed by atoms with E-state index in [0.29, 0.717) is 18.9 Å². The number of hydroxylamine groups is 1. The van der Waals surface area contributed by atoms with Gasteiger partial charge in [0.2, 0.25) is 0 Å². The predicted molar refractivity (Wildman–Crippen MR) is 65.2 cm³/mol. The Morgan fingerprint density at radius 1 is 1.35 bits per heavy atom. The number of carboxylic acids is 1. The maximum atomic E-state index is 10.9. The van der Waals surface area contributed by atoms with Crippen LogP contribution in [0.5, 0.6) is 0 Å². The molecule has 94 valence electrons. The van der Waals surface area contributed by atoms with Gasteiger partial charge in [0.25, 0.3) is 0 Å². The number of aliphatic carboxylic acids is 1. The second kappa shape index (κ2) is 7.04. The van der Waals surface area contributed by atoms with Crippen molar-refractivity contribution in [1.82, 2.24) is 5.48 Å². The molecule has 0 heterocycles. The smallest absolute Gasteiger partial charge is 0.323 e. The molecule has 2 N–H and O–H groups in total. The zero-order chi connectivity index (χ0) is 12.7. The van der Waals surface area contributed by atoms with E-state index in [1.807, 2.05) is 44.2 Å². The van der Waals surface area contributed by atoms with E-state index in [-0.39, 0.29) is 0 Å². The summed E-state index contributed by atoms with van der Waals surface area (Å²) in [5.74, 6) is -0.573. The van der Waals surface area contributed by atoms with E-state index in [0.717, 1.165) is 5.56 Å². The maximum absolute atomic E-state index is 10.9. The Morgan fingerprint density at radius 3 is 2.53 bits per heavy atom. The molecule has 1 unspecified atom stereocenters. The van der Waals surface area contributed by atoms with E-state index in [4.69, 9.17) is 9.94 Å². The molecule has 0 radical (unpaired) electrons. The first kappa shape index (κ1) is 13.7. The third-order valence-corrected chi connectivity index (χ3v) is 2.31. The fraction of sp³-hybridized carbons (Fsp3) is 0.462. The molecular formula is C13H19NO3. The van der Waals surface area contributed by atoms with Gasteiger partial charge < -0.3 is 5.11 Å². The van der Waals surface area contributed by atoms with Gasteiger partial charge in [-0.2, -0.15) is 5.48 Å². The molecule has 0 fully saturated rings. The maximum Gasteiger partial charge on any atom is 0.323 e. The Hall–Kier alpha value is -1.39. The quantitative estimate of drug-likeness (QED) is 0.714. The number of nitrogens with one attached hydrogen (secondary N) is 1. The van der Waals surface area contributed by atoms with E-state index in [2.05, 4.69) is 5.48 Å². The normalized spacial score (nSPS) is 12.6. The first-order chi connectivity index (χ1) is 8.09. The van der Waals surface area contributed by atoms with Crippen molar-refractivity contribution in [1.29, 1.82) is 0 Å². The minimum absolute atomic E-state index is 0.309. The molecular weight excluding hydrogens is 218 g/mol.